The molecule has 0 radical (unpaired) electrons. The first-order chi connectivity index (χ1) is 9.00. The lowest BCUT2D eigenvalue weighted by Crippen LogP contribution is -2.00. The number of hydrogen-bond acceptors (Lipinski definition) is 2. The maximum Gasteiger partial charge on any atom is 0.147 e. The molecule has 5 heteroatoms. The Labute approximate surface area is 120 Å². The summed E-state index contributed by atoms with van der Waals surface area (Å²) in [6.07, 6.45) is -0.992. The van der Waals surface area contributed by atoms with Crippen LogP contribution in [0.15, 0.2) is 36.4 Å². The van der Waals surface area contributed by atoms with Gasteiger partial charge in [-0.05, 0) is 31.2 Å². The van der Waals surface area contributed by atoms with Gasteiger partial charge in [0.25, 0.3) is 0 Å². The molecular formula is C14H11Cl2FO2. The minimum atomic E-state index is -0.992. The average Bonchev–Trinajstić information content (AvgIpc) is 2.34. The Kier molecular flexibility index (Phi) is 4.30. The van der Waals surface area contributed by atoms with Crippen molar-refractivity contribution in [1.29, 1.82) is 0 Å². The van der Waals surface area contributed by atoms with Crippen molar-refractivity contribution in [2.45, 2.75) is 13.0 Å². The van der Waals surface area contributed by atoms with Crippen LogP contribution in [0.3, 0.4) is 0 Å². The minimum Gasteiger partial charge on any atom is -0.455 e. The number of benzene rings is 2. The number of aliphatic hydroxyl groups excluding tert-OH is 1. The Balaban J connectivity index is 2.44. The summed E-state index contributed by atoms with van der Waals surface area (Å²) in [5, 5.41) is 10.2. The normalized spacial score (nSPS) is 12.3. The SMILES string of the molecule is CC(O)c1c(F)cccc1Oc1cccc(Cl)c1Cl. The summed E-state index contributed by atoms with van der Waals surface area (Å²) in [7, 11) is 0. The Morgan fingerprint density at radius 3 is 2.42 bits per heavy atom. The smallest absolute Gasteiger partial charge is 0.147 e. The van der Waals surface area contributed by atoms with Gasteiger partial charge < -0.3 is 9.84 Å². The first kappa shape index (κ1) is 14.1. The van der Waals surface area contributed by atoms with E-state index in [-0.39, 0.29) is 16.3 Å². The molecule has 1 atom stereocenters. The molecule has 0 aromatic heterocycles. The predicted molar refractivity (Wildman–Crippen MR) is 73.6 cm³/mol. The van der Waals surface area contributed by atoms with Crippen molar-refractivity contribution in [1.82, 2.24) is 0 Å². The van der Waals surface area contributed by atoms with Crippen LogP contribution in [0.1, 0.15) is 18.6 Å². The number of rotatable bonds is 3. The zero-order chi connectivity index (χ0) is 14.0. The zero-order valence-electron chi connectivity index (χ0n) is 10.0. The first-order valence-electron chi connectivity index (χ1n) is 5.59. The van der Waals surface area contributed by atoms with Crippen LogP contribution in [0.25, 0.3) is 0 Å². The third-order valence-corrected chi connectivity index (χ3v) is 3.37. The van der Waals surface area contributed by atoms with Gasteiger partial charge in [-0.15, -0.1) is 0 Å². The van der Waals surface area contributed by atoms with Gasteiger partial charge in [0, 0.05) is 0 Å². The van der Waals surface area contributed by atoms with Crippen LogP contribution >= 0.6 is 23.2 Å². The van der Waals surface area contributed by atoms with E-state index >= 15 is 0 Å². The van der Waals surface area contributed by atoms with Crippen LogP contribution < -0.4 is 4.74 Å². The molecule has 2 rings (SSSR count). The second-order valence-corrected chi connectivity index (χ2v) is 4.77. The summed E-state index contributed by atoms with van der Waals surface area (Å²) >= 11 is 11.9. The molecular weight excluding hydrogens is 290 g/mol. The van der Waals surface area contributed by atoms with Crippen LogP contribution in [0.5, 0.6) is 11.5 Å². The third-order valence-electron chi connectivity index (χ3n) is 2.57. The van der Waals surface area contributed by atoms with Gasteiger partial charge in [-0.25, -0.2) is 4.39 Å². The van der Waals surface area contributed by atoms with E-state index in [0.717, 1.165) is 0 Å². The van der Waals surface area contributed by atoms with Gasteiger partial charge in [-0.3, -0.25) is 0 Å². The first-order valence-corrected chi connectivity index (χ1v) is 6.34. The molecule has 2 nitrogen and oxygen atoms in total. The Hall–Kier alpha value is -1.29. The predicted octanol–water partition coefficient (Wildman–Crippen LogP) is 4.98. The molecule has 0 aliphatic heterocycles. The third kappa shape index (κ3) is 3.00. The molecule has 0 heterocycles. The van der Waals surface area contributed by atoms with E-state index in [9.17, 15) is 9.50 Å². The average molecular weight is 301 g/mol. The summed E-state index contributed by atoms with van der Waals surface area (Å²) in [5.74, 6) is -0.0218. The summed E-state index contributed by atoms with van der Waals surface area (Å²) < 4.78 is 19.2. The van der Waals surface area contributed by atoms with E-state index < -0.39 is 11.9 Å². The van der Waals surface area contributed by atoms with E-state index in [2.05, 4.69) is 0 Å². The van der Waals surface area contributed by atoms with Crippen LogP contribution in [0, 0.1) is 5.82 Å². The monoisotopic (exact) mass is 300 g/mol. The molecule has 2 aromatic carbocycles. The maximum absolute atomic E-state index is 13.7. The Bertz CT molecular complexity index is 600. The summed E-state index contributed by atoms with van der Waals surface area (Å²) in [5.41, 5.74) is 0.0820. The highest BCUT2D eigenvalue weighted by molar-refractivity contribution is 6.42. The Morgan fingerprint density at radius 1 is 1.11 bits per heavy atom. The van der Waals surface area contributed by atoms with Crippen LogP contribution in [-0.2, 0) is 0 Å². The lowest BCUT2D eigenvalue weighted by atomic mass is 10.1. The maximum atomic E-state index is 13.7. The van der Waals surface area contributed by atoms with Gasteiger partial charge in [-0.2, -0.15) is 0 Å². The summed E-state index contributed by atoms with van der Waals surface area (Å²) in [6, 6.07) is 9.22. The molecule has 0 spiro atoms. The lowest BCUT2D eigenvalue weighted by Gasteiger charge is -2.15. The van der Waals surface area contributed by atoms with Gasteiger partial charge >= 0.3 is 0 Å². The van der Waals surface area contributed by atoms with Crippen LogP contribution in [0.4, 0.5) is 4.39 Å². The molecule has 0 bridgehead atoms. The van der Waals surface area contributed by atoms with E-state index in [1.54, 1.807) is 24.3 Å². The molecule has 0 aliphatic rings. The standard InChI is InChI=1S/C14H11Cl2FO2/c1-8(18)13-10(17)5-3-6-11(13)19-12-7-2-4-9(15)14(12)16/h2-8,18H,1H3. The van der Waals surface area contributed by atoms with Crippen molar-refractivity contribution in [2.24, 2.45) is 0 Å². The second kappa shape index (κ2) is 5.78. The van der Waals surface area contributed by atoms with E-state index in [4.69, 9.17) is 27.9 Å². The molecule has 1 N–H and O–H groups in total. The highest BCUT2D eigenvalue weighted by atomic mass is 35.5. The van der Waals surface area contributed by atoms with Gasteiger partial charge in [0.1, 0.15) is 22.3 Å². The number of halogens is 3. The summed E-state index contributed by atoms with van der Waals surface area (Å²) in [4.78, 5) is 0. The molecule has 0 fully saturated rings. The minimum absolute atomic E-state index is 0.0820. The van der Waals surface area contributed by atoms with Crippen molar-refractivity contribution in [3.8, 4) is 11.5 Å². The van der Waals surface area contributed by atoms with Crippen molar-refractivity contribution in [2.75, 3.05) is 0 Å². The molecule has 0 saturated carbocycles. The zero-order valence-corrected chi connectivity index (χ0v) is 11.5. The largest absolute Gasteiger partial charge is 0.455 e. The van der Waals surface area contributed by atoms with Crippen LogP contribution in [0.2, 0.25) is 10.0 Å². The van der Waals surface area contributed by atoms with Gasteiger partial charge in [0.05, 0.1) is 16.7 Å². The molecule has 0 saturated heterocycles. The molecule has 0 amide bonds. The fourth-order valence-electron chi connectivity index (χ4n) is 1.69. The fourth-order valence-corrected chi connectivity index (χ4v) is 2.02. The molecule has 0 aliphatic carbocycles. The number of ether oxygens (including phenoxy) is 1. The topological polar surface area (TPSA) is 29.5 Å². The highest BCUT2D eigenvalue weighted by Gasteiger charge is 2.16. The van der Waals surface area contributed by atoms with E-state index in [1.165, 1.54) is 19.1 Å². The highest BCUT2D eigenvalue weighted by Crippen LogP contribution is 2.37. The van der Waals surface area contributed by atoms with Crippen molar-refractivity contribution in [3.05, 3.63) is 57.8 Å². The van der Waals surface area contributed by atoms with Gasteiger partial charge in [0.15, 0.2) is 0 Å². The molecule has 19 heavy (non-hydrogen) atoms. The van der Waals surface area contributed by atoms with E-state index in [1.807, 2.05) is 0 Å². The molecule has 1 unspecified atom stereocenters. The van der Waals surface area contributed by atoms with E-state index in [0.29, 0.717) is 10.8 Å². The van der Waals surface area contributed by atoms with Crippen molar-refractivity contribution >= 4 is 23.2 Å². The van der Waals surface area contributed by atoms with Gasteiger partial charge in [-0.1, -0.05) is 35.3 Å². The fraction of sp³-hybridized carbons (Fsp3) is 0.143. The van der Waals surface area contributed by atoms with Crippen molar-refractivity contribution in [3.63, 3.8) is 0 Å². The van der Waals surface area contributed by atoms with Crippen LogP contribution in [-0.4, -0.2) is 5.11 Å². The van der Waals surface area contributed by atoms with Gasteiger partial charge in [0.2, 0.25) is 0 Å². The quantitative estimate of drug-likeness (QED) is 0.866. The van der Waals surface area contributed by atoms with Crippen molar-refractivity contribution < 1.29 is 14.2 Å². The molecule has 2 aromatic rings. The lowest BCUT2D eigenvalue weighted by molar-refractivity contribution is 0.190. The summed E-state index contributed by atoms with van der Waals surface area (Å²) in [6.45, 7) is 1.46. The second-order valence-electron chi connectivity index (χ2n) is 3.98. The molecule has 100 valence electrons. The Morgan fingerprint density at radius 2 is 1.74 bits per heavy atom. The number of hydrogen-bond donors (Lipinski definition) is 1. The number of aliphatic hydroxyl groups is 1.